The van der Waals surface area contributed by atoms with Gasteiger partial charge < -0.3 is 9.47 Å². The average Bonchev–Trinajstić information content (AvgIpc) is 3.02. The maximum atomic E-state index is 12.2. The van der Waals surface area contributed by atoms with Gasteiger partial charge in [-0.05, 0) is 29.8 Å². The molecule has 3 aromatic rings. The van der Waals surface area contributed by atoms with Gasteiger partial charge in [0.25, 0.3) is 0 Å². The van der Waals surface area contributed by atoms with Crippen molar-refractivity contribution in [1.29, 1.82) is 0 Å². The molecule has 1 heterocycles. The van der Waals surface area contributed by atoms with E-state index in [1.807, 2.05) is 6.07 Å². The van der Waals surface area contributed by atoms with Gasteiger partial charge in [0, 0.05) is 22.2 Å². The summed E-state index contributed by atoms with van der Waals surface area (Å²) in [6, 6.07) is 8.65. The first-order valence-corrected chi connectivity index (χ1v) is 9.04. The molecule has 26 heavy (non-hydrogen) atoms. The predicted octanol–water partition coefficient (Wildman–Crippen LogP) is 5.27. The highest BCUT2D eigenvalue weighted by molar-refractivity contribution is 7.22. The van der Waals surface area contributed by atoms with Crippen LogP contribution in [0.1, 0.15) is 5.56 Å². The van der Waals surface area contributed by atoms with Gasteiger partial charge in [0.05, 0.1) is 18.9 Å². The Balaban J connectivity index is 1.79. The Labute approximate surface area is 164 Å². The molecule has 0 aliphatic heterocycles. The number of fused-ring (bicyclic) bond motifs is 1. The van der Waals surface area contributed by atoms with Crippen molar-refractivity contribution in [1.82, 2.24) is 4.98 Å². The Morgan fingerprint density at radius 3 is 2.69 bits per heavy atom. The van der Waals surface area contributed by atoms with Gasteiger partial charge in [-0.1, -0.05) is 40.6 Å². The molecule has 3 rings (SSSR count). The minimum absolute atomic E-state index is 0.319. The van der Waals surface area contributed by atoms with Crippen LogP contribution in [0.4, 0.5) is 5.13 Å². The zero-order valence-corrected chi connectivity index (χ0v) is 16.2. The number of nitrogens with zero attached hydrogens (tertiary/aromatic N) is 1. The van der Waals surface area contributed by atoms with E-state index in [2.05, 4.69) is 10.3 Å². The van der Waals surface area contributed by atoms with E-state index in [1.54, 1.807) is 44.6 Å². The fourth-order valence-electron chi connectivity index (χ4n) is 2.25. The van der Waals surface area contributed by atoms with Crippen molar-refractivity contribution in [2.45, 2.75) is 0 Å². The molecule has 0 atom stereocenters. The average molecular weight is 409 g/mol. The maximum Gasteiger partial charge on any atom is 0.250 e. The molecule has 0 aliphatic rings. The van der Waals surface area contributed by atoms with Crippen molar-refractivity contribution in [3.8, 4) is 11.5 Å². The Hall–Kier alpha value is -2.28. The largest absolute Gasteiger partial charge is 0.497 e. The topological polar surface area (TPSA) is 60.5 Å². The summed E-state index contributed by atoms with van der Waals surface area (Å²) >= 11 is 13.3. The van der Waals surface area contributed by atoms with Gasteiger partial charge in [0.1, 0.15) is 17.0 Å². The monoisotopic (exact) mass is 408 g/mol. The highest BCUT2D eigenvalue weighted by Gasteiger charge is 2.12. The zero-order chi connectivity index (χ0) is 18.7. The Morgan fingerprint density at radius 1 is 1.19 bits per heavy atom. The molecule has 0 spiro atoms. The molecule has 0 saturated heterocycles. The number of halogens is 2. The van der Waals surface area contributed by atoms with Gasteiger partial charge in [-0.15, -0.1) is 0 Å². The first kappa shape index (κ1) is 18.5. The number of anilines is 1. The number of rotatable bonds is 5. The number of benzene rings is 2. The molecule has 2 aromatic carbocycles. The maximum absolute atomic E-state index is 12.2. The van der Waals surface area contributed by atoms with Crippen LogP contribution in [0.15, 0.2) is 36.4 Å². The second kappa shape index (κ2) is 7.95. The third kappa shape index (κ3) is 4.09. The summed E-state index contributed by atoms with van der Waals surface area (Å²) in [4.78, 5) is 16.6. The smallest absolute Gasteiger partial charge is 0.250 e. The molecule has 0 radical (unpaired) electrons. The molecule has 0 saturated carbocycles. The Bertz CT molecular complexity index is 1000. The number of carbonyl (C=O) groups is 1. The number of methoxy groups -OCH3 is 2. The van der Waals surface area contributed by atoms with Crippen LogP contribution < -0.4 is 14.8 Å². The van der Waals surface area contributed by atoms with Crippen molar-refractivity contribution < 1.29 is 14.3 Å². The molecule has 1 N–H and O–H groups in total. The third-order valence-electron chi connectivity index (χ3n) is 3.50. The van der Waals surface area contributed by atoms with E-state index < -0.39 is 0 Å². The van der Waals surface area contributed by atoms with Crippen molar-refractivity contribution in [3.63, 3.8) is 0 Å². The summed E-state index contributed by atoms with van der Waals surface area (Å²) < 4.78 is 11.4. The van der Waals surface area contributed by atoms with Gasteiger partial charge in [-0.3, -0.25) is 10.1 Å². The van der Waals surface area contributed by atoms with E-state index in [1.165, 1.54) is 17.4 Å². The molecule has 8 heteroatoms. The van der Waals surface area contributed by atoms with Gasteiger partial charge in [0.15, 0.2) is 5.13 Å². The molecule has 134 valence electrons. The van der Waals surface area contributed by atoms with Crippen molar-refractivity contribution in [3.05, 3.63) is 52.0 Å². The highest BCUT2D eigenvalue weighted by Crippen LogP contribution is 2.36. The summed E-state index contributed by atoms with van der Waals surface area (Å²) in [5.74, 6) is 0.925. The predicted molar refractivity (Wildman–Crippen MR) is 107 cm³/mol. The first-order valence-electron chi connectivity index (χ1n) is 7.47. The van der Waals surface area contributed by atoms with Crippen LogP contribution in [0.25, 0.3) is 16.3 Å². The van der Waals surface area contributed by atoms with Crippen LogP contribution in [0, 0.1) is 0 Å². The second-order valence-electron chi connectivity index (χ2n) is 5.18. The molecule has 5 nitrogen and oxygen atoms in total. The fourth-order valence-corrected chi connectivity index (χ4v) is 3.64. The lowest BCUT2D eigenvalue weighted by Crippen LogP contribution is -2.07. The molecule has 1 aromatic heterocycles. The normalized spacial score (nSPS) is 11.1. The third-order valence-corrected chi connectivity index (χ3v) is 4.98. The number of carbonyl (C=O) groups excluding carboxylic acids is 1. The van der Waals surface area contributed by atoms with Crippen LogP contribution in [-0.4, -0.2) is 25.1 Å². The number of aromatic nitrogens is 1. The van der Waals surface area contributed by atoms with Gasteiger partial charge >= 0.3 is 0 Å². The van der Waals surface area contributed by atoms with E-state index in [-0.39, 0.29) is 5.91 Å². The summed E-state index contributed by atoms with van der Waals surface area (Å²) in [6.07, 6.45) is 3.00. The van der Waals surface area contributed by atoms with Crippen LogP contribution in [0.3, 0.4) is 0 Å². The molecular weight excluding hydrogens is 395 g/mol. The number of thiazole rings is 1. The lowest BCUT2D eigenvalue weighted by atomic mass is 10.2. The lowest BCUT2D eigenvalue weighted by Gasteiger charge is -2.03. The highest BCUT2D eigenvalue weighted by atomic mass is 35.5. The second-order valence-corrected chi connectivity index (χ2v) is 7.06. The van der Waals surface area contributed by atoms with Crippen LogP contribution in [-0.2, 0) is 4.79 Å². The van der Waals surface area contributed by atoms with Gasteiger partial charge in [-0.2, -0.15) is 0 Å². The molecule has 1 amide bonds. The van der Waals surface area contributed by atoms with E-state index in [9.17, 15) is 4.79 Å². The summed E-state index contributed by atoms with van der Waals surface area (Å²) in [5.41, 5.74) is 1.36. The lowest BCUT2D eigenvalue weighted by molar-refractivity contribution is -0.111. The quantitative estimate of drug-likeness (QED) is 0.583. The molecule has 0 unspecified atom stereocenters. The number of hydrogen-bond acceptors (Lipinski definition) is 5. The van der Waals surface area contributed by atoms with Crippen molar-refractivity contribution >= 4 is 61.9 Å². The number of hydrogen-bond donors (Lipinski definition) is 1. The van der Waals surface area contributed by atoms with E-state index in [0.717, 1.165) is 4.70 Å². The van der Waals surface area contributed by atoms with Crippen LogP contribution in [0.2, 0.25) is 10.0 Å². The summed E-state index contributed by atoms with van der Waals surface area (Å²) in [5, 5.41) is 4.21. The molecule has 0 fully saturated rings. The molecule has 0 bridgehead atoms. The fraction of sp³-hybridized carbons (Fsp3) is 0.111. The minimum Gasteiger partial charge on any atom is -0.497 e. The van der Waals surface area contributed by atoms with Gasteiger partial charge in [-0.25, -0.2) is 4.98 Å². The Kier molecular flexibility index (Phi) is 5.66. The van der Waals surface area contributed by atoms with Crippen molar-refractivity contribution in [2.75, 3.05) is 19.5 Å². The van der Waals surface area contributed by atoms with E-state index in [0.29, 0.717) is 37.8 Å². The number of amides is 1. The standard InChI is InChI=1S/C18H14Cl2N2O3S/c1-24-12-8-14(25-2)17-15(9-12)26-18(22-17)21-16(23)6-4-10-3-5-11(19)7-13(10)20/h3-9H,1-2H3,(H,21,22,23). The molecule has 0 aliphatic carbocycles. The van der Waals surface area contributed by atoms with Crippen LogP contribution >= 0.6 is 34.5 Å². The molecular formula is C18H14Cl2N2O3S. The number of ether oxygens (including phenoxy) is 2. The van der Waals surface area contributed by atoms with Crippen LogP contribution in [0.5, 0.6) is 11.5 Å². The van der Waals surface area contributed by atoms with E-state index >= 15 is 0 Å². The van der Waals surface area contributed by atoms with E-state index in [4.69, 9.17) is 32.7 Å². The first-order chi connectivity index (χ1) is 12.5. The SMILES string of the molecule is COc1cc(OC)c2nc(NC(=O)C=Cc3ccc(Cl)cc3Cl)sc2c1. The summed E-state index contributed by atoms with van der Waals surface area (Å²) in [6.45, 7) is 0. The minimum atomic E-state index is -0.319. The van der Waals surface area contributed by atoms with Gasteiger partial charge in [0.2, 0.25) is 5.91 Å². The Morgan fingerprint density at radius 2 is 2.00 bits per heavy atom. The number of nitrogens with one attached hydrogen (secondary N) is 1. The van der Waals surface area contributed by atoms with Crippen molar-refractivity contribution in [2.24, 2.45) is 0 Å². The summed E-state index contributed by atoms with van der Waals surface area (Å²) in [7, 11) is 3.14. The zero-order valence-electron chi connectivity index (χ0n) is 13.9.